The number of nitrogens with one attached hydrogen (secondary N) is 3. The van der Waals surface area contributed by atoms with E-state index in [4.69, 9.17) is 0 Å². The average Bonchev–Trinajstić information content (AvgIpc) is 2.81. The number of carbonyl (C=O) groups excluding carboxylic acids is 2. The molecule has 3 atom stereocenters. The van der Waals surface area contributed by atoms with Crippen molar-refractivity contribution in [2.45, 2.75) is 24.9 Å². The van der Waals surface area contributed by atoms with Crippen LogP contribution in [0.25, 0.3) is 0 Å². The van der Waals surface area contributed by atoms with Crippen molar-refractivity contribution in [1.82, 2.24) is 16.0 Å². The van der Waals surface area contributed by atoms with E-state index >= 15 is 0 Å². The molecule has 7 heteroatoms. The van der Waals surface area contributed by atoms with Gasteiger partial charge in [0.1, 0.15) is 12.1 Å². The maximum absolute atomic E-state index is 12.0. The summed E-state index contributed by atoms with van der Waals surface area (Å²) in [4.78, 5) is 30.9. The largest absolute Gasteiger partial charge is 0.320 e. The molecule has 0 bridgehead atoms. The zero-order chi connectivity index (χ0) is 13.5. The maximum Gasteiger partial charge on any atom is 0.320 e. The quantitative estimate of drug-likeness (QED) is 0.498. The highest BCUT2D eigenvalue weighted by Crippen LogP contribution is 2.31. The minimum absolute atomic E-state index is 0.217. The fraction of sp³-hybridized carbons (Fsp3) is 0.667. The summed E-state index contributed by atoms with van der Waals surface area (Å²) >= 11 is 0. The van der Waals surface area contributed by atoms with Gasteiger partial charge in [0.25, 0.3) is 5.78 Å². The molecule has 0 aromatic carbocycles. The molecule has 3 N–H and O–H groups in total. The van der Waals surface area contributed by atoms with Crippen LogP contribution in [0.3, 0.4) is 0 Å². The Hall–Kier alpha value is -1.44. The standard InChI is InChI=1S/C12H17N5O2/c1-7-4-13-3-2-12(7)10(15-6-17-12)8-9(18)11(19)16-5-14-8/h5,7,10,13,15,17H,2-4,6H2,1H3. The first-order valence-corrected chi connectivity index (χ1v) is 6.53. The number of nitrogens with zero attached hydrogens (tertiary/aromatic N) is 2. The zero-order valence-electron chi connectivity index (χ0n) is 10.8. The van der Waals surface area contributed by atoms with E-state index in [1.165, 1.54) is 6.34 Å². The van der Waals surface area contributed by atoms with Crippen molar-refractivity contribution in [2.24, 2.45) is 15.9 Å². The third-order valence-corrected chi connectivity index (χ3v) is 4.36. The van der Waals surface area contributed by atoms with Crippen LogP contribution < -0.4 is 16.0 Å². The Morgan fingerprint density at radius 2 is 2.26 bits per heavy atom. The van der Waals surface area contributed by atoms with Crippen molar-refractivity contribution in [3.05, 3.63) is 0 Å². The van der Waals surface area contributed by atoms with Gasteiger partial charge in [-0.25, -0.2) is 4.99 Å². The van der Waals surface area contributed by atoms with Crippen molar-refractivity contribution in [1.29, 1.82) is 0 Å². The third kappa shape index (κ3) is 1.85. The number of Topliss-reactive ketones (excluding diaryl/α,β-unsaturated/α-hetero) is 1. The van der Waals surface area contributed by atoms with E-state index < -0.39 is 11.7 Å². The minimum Gasteiger partial charge on any atom is -0.316 e. The van der Waals surface area contributed by atoms with Gasteiger partial charge in [0, 0.05) is 12.2 Å². The number of aliphatic imine (C=N–C) groups is 2. The molecular formula is C12H17N5O2. The number of rotatable bonds is 1. The topological polar surface area (TPSA) is 94.9 Å². The Balaban J connectivity index is 1.95. The normalized spacial score (nSPS) is 38.9. The van der Waals surface area contributed by atoms with Crippen molar-refractivity contribution < 1.29 is 9.59 Å². The summed E-state index contributed by atoms with van der Waals surface area (Å²) in [5.74, 6) is -0.977. The van der Waals surface area contributed by atoms with Crippen molar-refractivity contribution >= 4 is 23.7 Å². The van der Waals surface area contributed by atoms with E-state index in [1.807, 2.05) is 0 Å². The van der Waals surface area contributed by atoms with Crippen LogP contribution in [0.4, 0.5) is 0 Å². The Morgan fingerprint density at radius 1 is 1.42 bits per heavy atom. The molecule has 0 saturated carbocycles. The number of hydrogen-bond acceptors (Lipinski definition) is 6. The third-order valence-electron chi connectivity index (χ3n) is 4.36. The van der Waals surface area contributed by atoms with E-state index in [0.717, 1.165) is 19.5 Å². The summed E-state index contributed by atoms with van der Waals surface area (Å²) in [5, 5.41) is 10.1. The van der Waals surface area contributed by atoms with Crippen molar-refractivity contribution in [2.75, 3.05) is 19.8 Å². The van der Waals surface area contributed by atoms with E-state index in [9.17, 15) is 9.59 Å². The number of amides is 1. The van der Waals surface area contributed by atoms with Gasteiger partial charge < -0.3 is 5.32 Å². The van der Waals surface area contributed by atoms with Crippen LogP contribution in [0.5, 0.6) is 0 Å². The number of ketones is 1. The fourth-order valence-electron chi connectivity index (χ4n) is 3.25. The summed E-state index contributed by atoms with van der Waals surface area (Å²) < 4.78 is 0. The van der Waals surface area contributed by atoms with Crippen LogP contribution in [-0.2, 0) is 9.59 Å². The molecular weight excluding hydrogens is 246 g/mol. The molecule has 0 aromatic heterocycles. The lowest BCUT2D eigenvalue weighted by Gasteiger charge is -2.44. The van der Waals surface area contributed by atoms with Crippen LogP contribution in [-0.4, -0.2) is 55.1 Å². The predicted octanol–water partition coefficient (Wildman–Crippen LogP) is -1.55. The van der Waals surface area contributed by atoms with Crippen molar-refractivity contribution in [3.8, 4) is 0 Å². The Morgan fingerprint density at radius 3 is 3.05 bits per heavy atom. The number of hydrogen-bond donors (Lipinski definition) is 3. The molecule has 3 aliphatic heterocycles. The molecule has 1 amide bonds. The van der Waals surface area contributed by atoms with Crippen molar-refractivity contribution in [3.63, 3.8) is 0 Å². The summed E-state index contributed by atoms with van der Waals surface area (Å²) in [6, 6.07) is -0.229. The second-order valence-corrected chi connectivity index (χ2v) is 5.28. The summed E-state index contributed by atoms with van der Waals surface area (Å²) in [5.41, 5.74) is 0.0734. The zero-order valence-corrected chi connectivity index (χ0v) is 10.8. The lowest BCUT2D eigenvalue weighted by Crippen LogP contribution is -2.64. The first kappa shape index (κ1) is 12.6. The Kier molecular flexibility index (Phi) is 3.04. The van der Waals surface area contributed by atoms with Crippen LogP contribution in [0.2, 0.25) is 0 Å². The van der Waals surface area contributed by atoms with Gasteiger partial charge in [-0.15, -0.1) is 0 Å². The van der Waals surface area contributed by atoms with Gasteiger partial charge in [-0.3, -0.25) is 20.2 Å². The fourth-order valence-corrected chi connectivity index (χ4v) is 3.25. The molecule has 3 unspecified atom stereocenters. The average molecular weight is 263 g/mol. The molecule has 2 fully saturated rings. The van der Waals surface area contributed by atoms with Gasteiger partial charge in [-0.05, 0) is 25.4 Å². The van der Waals surface area contributed by atoms with Gasteiger partial charge in [0.05, 0.1) is 6.04 Å². The van der Waals surface area contributed by atoms with Gasteiger partial charge in [-0.2, -0.15) is 4.99 Å². The molecule has 19 heavy (non-hydrogen) atoms. The van der Waals surface area contributed by atoms with Crippen LogP contribution >= 0.6 is 0 Å². The summed E-state index contributed by atoms with van der Waals surface area (Å²) in [6.07, 6.45) is 2.07. The lowest BCUT2D eigenvalue weighted by atomic mass is 9.73. The SMILES string of the molecule is CC1CNCCC12NCNC2C1=NC=NC(=O)C1=O. The minimum atomic E-state index is -0.726. The Bertz CT molecular complexity index is 487. The highest BCUT2D eigenvalue weighted by molar-refractivity contribution is 6.67. The van der Waals surface area contributed by atoms with E-state index in [2.05, 4.69) is 32.9 Å². The molecule has 1 spiro atoms. The van der Waals surface area contributed by atoms with Crippen LogP contribution in [0.15, 0.2) is 9.98 Å². The van der Waals surface area contributed by atoms with E-state index in [1.54, 1.807) is 0 Å². The Labute approximate surface area is 110 Å². The molecule has 0 aliphatic carbocycles. The van der Waals surface area contributed by atoms with E-state index in [-0.39, 0.29) is 11.6 Å². The predicted molar refractivity (Wildman–Crippen MR) is 70.2 cm³/mol. The van der Waals surface area contributed by atoms with E-state index in [0.29, 0.717) is 18.3 Å². The summed E-state index contributed by atoms with van der Waals surface area (Å²) in [6.45, 7) is 4.53. The monoisotopic (exact) mass is 263 g/mol. The summed E-state index contributed by atoms with van der Waals surface area (Å²) in [7, 11) is 0. The molecule has 7 nitrogen and oxygen atoms in total. The maximum atomic E-state index is 12.0. The molecule has 0 aromatic rings. The molecule has 102 valence electrons. The first-order chi connectivity index (χ1) is 9.15. The number of piperidine rings is 1. The van der Waals surface area contributed by atoms with Gasteiger partial charge in [0.15, 0.2) is 0 Å². The number of carbonyl (C=O) groups is 2. The molecule has 3 heterocycles. The molecule has 3 aliphatic rings. The van der Waals surface area contributed by atoms with Crippen LogP contribution in [0, 0.1) is 5.92 Å². The van der Waals surface area contributed by atoms with Crippen LogP contribution in [0.1, 0.15) is 13.3 Å². The molecule has 3 rings (SSSR count). The van der Waals surface area contributed by atoms with Gasteiger partial charge in [-0.1, -0.05) is 6.92 Å². The van der Waals surface area contributed by atoms with Gasteiger partial charge in [0.2, 0.25) is 0 Å². The lowest BCUT2D eigenvalue weighted by molar-refractivity contribution is -0.132. The second kappa shape index (κ2) is 4.59. The second-order valence-electron chi connectivity index (χ2n) is 5.28. The molecule has 0 radical (unpaired) electrons. The smallest absolute Gasteiger partial charge is 0.316 e. The first-order valence-electron chi connectivity index (χ1n) is 6.53. The highest BCUT2D eigenvalue weighted by atomic mass is 16.2. The van der Waals surface area contributed by atoms with Gasteiger partial charge >= 0.3 is 5.91 Å². The molecule has 2 saturated heterocycles. The highest BCUT2D eigenvalue weighted by Gasteiger charge is 2.51.